The van der Waals surface area contributed by atoms with Crippen LogP contribution in [0.25, 0.3) is 16.3 Å². The van der Waals surface area contributed by atoms with Crippen molar-refractivity contribution >= 4 is 22.9 Å². The molecule has 1 aromatic carbocycles. The number of benzene rings is 1. The number of thiophene rings is 1. The molecule has 160 valence electrons. The molecular weight excluding hydrogens is 420 g/mol. The predicted molar refractivity (Wildman–Crippen MR) is 113 cm³/mol. The molecule has 2 aliphatic heterocycles. The monoisotopic (exact) mass is 440 g/mol. The second-order valence-corrected chi connectivity index (χ2v) is 8.43. The summed E-state index contributed by atoms with van der Waals surface area (Å²) in [4.78, 5) is 26.9. The number of hydrogen-bond donors (Lipinski definition) is 0. The van der Waals surface area contributed by atoms with Crippen molar-refractivity contribution in [1.29, 1.82) is 0 Å². The number of non-ortho nitro benzene ring substituents is 1. The number of likely N-dealkylation sites (tertiary alicyclic amines) is 1. The lowest BCUT2D eigenvalue weighted by Crippen LogP contribution is -2.47. The minimum absolute atomic E-state index is 0.0560. The third-order valence-electron chi connectivity index (χ3n) is 5.61. The van der Waals surface area contributed by atoms with Crippen molar-refractivity contribution in [3.05, 3.63) is 63.7 Å². The first-order valence-electron chi connectivity index (χ1n) is 10.0. The zero-order chi connectivity index (χ0) is 21.4. The molecule has 10 heteroatoms. The van der Waals surface area contributed by atoms with Gasteiger partial charge in [0.2, 0.25) is 0 Å². The van der Waals surface area contributed by atoms with E-state index in [9.17, 15) is 14.9 Å². The maximum atomic E-state index is 13.5. The molecule has 2 saturated heterocycles. The molecule has 0 bridgehead atoms. The van der Waals surface area contributed by atoms with Crippen LogP contribution >= 0.6 is 11.3 Å². The van der Waals surface area contributed by atoms with E-state index in [0.717, 1.165) is 4.88 Å². The third kappa shape index (κ3) is 3.73. The van der Waals surface area contributed by atoms with Crippen molar-refractivity contribution in [2.75, 3.05) is 26.3 Å². The number of piperidine rings is 1. The van der Waals surface area contributed by atoms with E-state index in [1.54, 1.807) is 23.1 Å². The van der Waals surface area contributed by atoms with Gasteiger partial charge in [0.05, 0.1) is 28.7 Å². The second kappa shape index (κ2) is 7.88. The van der Waals surface area contributed by atoms with Crippen LogP contribution < -0.4 is 0 Å². The summed E-state index contributed by atoms with van der Waals surface area (Å²) in [5.74, 6) is -0.742. The average Bonchev–Trinajstić information content (AvgIpc) is 3.55. The summed E-state index contributed by atoms with van der Waals surface area (Å²) in [7, 11) is 0. The number of rotatable bonds is 4. The molecule has 4 heterocycles. The van der Waals surface area contributed by atoms with E-state index in [1.807, 2.05) is 17.5 Å². The molecule has 0 N–H and O–H groups in total. The second-order valence-electron chi connectivity index (χ2n) is 7.48. The zero-order valence-electron chi connectivity index (χ0n) is 16.6. The van der Waals surface area contributed by atoms with Gasteiger partial charge in [0.15, 0.2) is 5.79 Å². The highest BCUT2D eigenvalue weighted by Gasteiger charge is 2.41. The van der Waals surface area contributed by atoms with E-state index in [1.165, 1.54) is 28.2 Å². The van der Waals surface area contributed by atoms with Gasteiger partial charge in [0.1, 0.15) is 11.4 Å². The van der Waals surface area contributed by atoms with Gasteiger partial charge in [0.25, 0.3) is 11.6 Å². The maximum Gasteiger partial charge on any atom is 0.272 e. The van der Waals surface area contributed by atoms with Crippen molar-refractivity contribution in [3.8, 4) is 16.3 Å². The van der Waals surface area contributed by atoms with Crippen LogP contribution in [0.1, 0.15) is 23.3 Å². The summed E-state index contributed by atoms with van der Waals surface area (Å²) < 4.78 is 13.0. The Morgan fingerprint density at radius 2 is 1.90 bits per heavy atom. The van der Waals surface area contributed by atoms with Crippen LogP contribution in [0, 0.1) is 10.1 Å². The number of ether oxygens (including phenoxy) is 2. The van der Waals surface area contributed by atoms with Crippen molar-refractivity contribution in [1.82, 2.24) is 14.7 Å². The molecule has 2 aliphatic rings. The Morgan fingerprint density at radius 1 is 1.13 bits per heavy atom. The lowest BCUT2D eigenvalue weighted by molar-refractivity contribution is -0.384. The third-order valence-corrected chi connectivity index (χ3v) is 6.51. The number of nitro groups is 1. The van der Waals surface area contributed by atoms with Gasteiger partial charge in [-0.05, 0) is 23.6 Å². The Bertz CT molecular complexity index is 1110. The minimum Gasteiger partial charge on any atom is -0.347 e. The van der Waals surface area contributed by atoms with Gasteiger partial charge < -0.3 is 14.4 Å². The number of hydrogen-bond acceptors (Lipinski definition) is 7. The average molecular weight is 440 g/mol. The van der Waals surface area contributed by atoms with E-state index in [-0.39, 0.29) is 11.6 Å². The van der Waals surface area contributed by atoms with Crippen LogP contribution in [0.5, 0.6) is 0 Å². The molecule has 31 heavy (non-hydrogen) atoms. The van der Waals surface area contributed by atoms with E-state index in [2.05, 4.69) is 5.10 Å². The van der Waals surface area contributed by atoms with Gasteiger partial charge in [-0.3, -0.25) is 14.9 Å². The Hall–Kier alpha value is -3.08. The van der Waals surface area contributed by atoms with Gasteiger partial charge in [-0.1, -0.05) is 12.1 Å². The smallest absolute Gasteiger partial charge is 0.272 e. The molecule has 9 nitrogen and oxygen atoms in total. The number of nitrogens with zero attached hydrogens (tertiary/aromatic N) is 4. The zero-order valence-corrected chi connectivity index (χ0v) is 17.4. The molecule has 0 unspecified atom stereocenters. The Kier molecular flexibility index (Phi) is 5.05. The molecule has 2 fully saturated rings. The highest BCUT2D eigenvalue weighted by Crippen LogP contribution is 2.33. The fourth-order valence-corrected chi connectivity index (χ4v) is 4.69. The Morgan fingerprint density at radius 3 is 2.58 bits per heavy atom. The van der Waals surface area contributed by atoms with Crippen molar-refractivity contribution in [3.63, 3.8) is 0 Å². The highest BCUT2D eigenvalue weighted by atomic mass is 32.1. The van der Waals surface area contributed by atoms with E-state index in [0.29, 0.717) is 56.2 Å². The summed E-state index contributed by atoms with van der Waals surface area (Å²) in [6, 6.07) is 11.7. The van der Waals surface area contributed by atoms with E-state index in [4.69, 9.17) is 9.47 Å². The van der Waals surface area contributed by atoms with Crippen molar-refractivity contribution in [2.24, 2.45) is 0 Å². The molecule has 2 aromatic heterocycles. The first kappa shape index (κ1) is 19.9. The fourth-order valence-electron chi connectivity index (χ4n) is 4.01. The number of amides is 1. The summed E-state index contributed by atoms with van der Waals surface area (Å²) in [6.45, 7) is 2.18. The Labute approximate surface area is 182 Å². The van der Waals surface area contributed by atoms with Crippen molar-refractivity contribution in [2.45, 2.75) is 18.6 Å². The summed E-state index contributed by atoms with van der Waals surface area (Å²) in [5, 5.41) is 17.8. The minimum atomic E-state index is -0.570. The number of carbonyl (C=O) groups excluding carboxylic acids is 1. The first-order valence-corrected chi connectivity index (χ1v) is 10.9. The normalized spacial score (nSPS) is 17.9. The molecule has 0 atom stereocenters. The first-order chi connectivity index (χ1) is 15.0. The molecule has 0 aliphatic carbocycles. The lowest BCUT2D eigenvalue weighted by Gasteiger charge is -2.37. The summed E-state index contributed by atoms with van der Waals surface area (Å²) >= 11 is 1.52. The van der Waals surface area contributed by atoms with Gasteiger partial charge in [-0.2, -0.15) is 5.10 Å². The molecular formula is C21H20N4O5S. The number of carbonyl (C=O) groups is 1. The van der Waals surface area contributed by atoms with Crippen LogP contribution in [-0.2, 0) is 9.47 Å². The lowest BCUT2D eigenvalue weighted by atomic mass is 10.0. The molecule has 3 aromatic rings. The Balaban J connectivity index is 1.49. The van der Waals surface area contributed by atoms with Crippen LogP contribution in [0.3, 0.4) is 0 Å². The number of nitro benzene ring substituents is 1. The van der Waals surface area contributed by atoms with E-state index >= 15 is 0 Å². The molecule has 1 amide bonds. The van der Waals surface area contributed by atoms with Crippen LogP contribution in [0.15, 0.2) is 47.8 Å². The van der Waals surface area contributed by atoms with E-state index < -0.39 is 10.7 Å². The summed E-state index contributed by atoms with van der Waals surface area (Å²) in [5.41, 5.74) is 1.43. The van der Waals surface area contributed by atoms with Gasteiger partial charge in [-0.15, -0.1) is 11.3 Å². The topological polar surface area (TPSA) is 99.7 Å². The SMILES string of the molecule is O=C(c1cc(-c2cccs2)nn1-c1cccc([N+](=O)[O-])c1)N1CCC2(CC1)OCCO2. The van der Waals surface area contributed by atoms with Gasteiger partial charge >= 0.3 is 0 Å². The maximum absolute atomic E-state index is 13.5. The predicted octanol–water partition coefficient (Wildman–Crippen LogP) is 3.49. The molecule has 1 spiro atoms. The quantitative estimate of drug-likeness (QED) is 0.455. The largest absolute Gasteiger partial charge is 0.347 e. The molecule has 0 radical (unpaired) electrons. The number of aromatic nitrogens is 2. The molecule has 5 rings (SSSR count). The fraction of sp³-hybridized carbons (Fsp3) is 0.333. The van der Waals surface area contributed by atoms with Crippen LogP contribution in [0.2, 0.25) is 0 Å². The highest BCUT2D eigenvalue weighted by molar-refractivity contribution is 7.13. The molecule has 0 saturated carbocycles. The van der Waals surface area contributed by atoms with Gasteiger partial charge in [-0.25, -0.2) is 4.68 Å². The van der Waals surface area contributed by atoms with Crippen LogP contribution in [0.4, 0.5) is 5.69 Å². The van der Waals surface area contributed by atoms with Gasteiger partial charge in [0, 0.05) is 38.1 Å². The van der Waals surface area contributed by atoms with Crippen molar-refractivity contribution < 1.29 is 19.2 Å². The standard InChI is InChI=1S/C21H20N4O5S/c26-20(23-8-6-21(7-9-23)29-10-11-30-21)18-14-17(19-5-2-12-31-19)22-24(18)15-3-1-4-16(13-15)25(27)28/h1-5,12-14H,6-11H2. The van der Waals surface area contributed by atoms with Crippen LogP contribution in [-0.4, -0.2) is 57.6 Å². The summed E-state index contributed by atoms with van der Waals surface area (Å²) in [6.07, 6.45) is 1.23.